The number of anilines is 1. The summed E-state index contributed by atoms with van der Waals surface area (Å²) in [6, 6.07) is 2.38. The zero-order valence-corrected chi connectivity index (χ0v) is 11.2. The molecule has 18 heavy (non-hydrogen) atoms. The first kappa shape index (κ1) is 13.1. The molecule has 0 saturated carbocycles. The third kappa shape index (κ3) is 3.84. The van der Waals surface area contributed by atoms with E-state index < -0.39 is 0 Å². The van der Waals surface area contributed by atoms with Crippen LogP contribution in [0.3, 0.4) is 0 Å². The van der Waals surface area contributed by atoms with Crippen LogP contribution in [0.4, 0.5) is 5.95 Å². The molecule has 0 aromatic carbocycles. The zero-order valence-electron chi connectivity index (χ0n) is 11.2. The van der Waals surface area contributed by atoms with E-state index in [9.17, 15) is 0 Å². The Morgan fingerprint density at radius 3 is 3.06 bits per heavy atom. The molecule has 2 rings (SSSR count). The zero-order chi connectivity index (χ0) is 12.8. The van der Waals surface area contributed by atoms with E-state index in [1.54, 1.807) is 0 Å². The second-order valence-corrected chi connectivity index (χ2v) is 4.63. The van der Waals surface area contributed by atoms with Gasteiger partial charge in [-0.15, -0.1) is 0 Å². The van der Waals surface area contributed by atoms with Crippen LogP contribution in [0, 0.1) is 6.92 Å². The summed E-state index contributed by atoms with van der Waals surface area (Å²) in [4.78, 5) is 8.71. The Labute approximate surface area is 108 Å². The van der Waals surface area contributed by atoms with Crippen LogP contribution in [-0.2, 0) is 0 Å². The fourth-order valence-corrected chi connectivity index (χ4v) is 2.15. The van der Waals surface area contributed by atoms with Crippen molar-refractivity contribution in [3.63, 3.8) is 0 Å². The van der Waals surface area contributed by atoms with Gasteiger partial charge in [-0.2, -0.15) is 4.98 Å². The van der Waals surface area contributed by atoms with Crippen LogP contribution in [0.25, 0.3) is 0 Å². The largest absolute Gasteiger partial charge is 0.478 e. The number of nitrogens with zero attached hydrogens (tertiary/aromatic N) is 2. The van der Waals surface area contributed by atoms with Crippen LogP contribution in [0.15, 0.2) is 6.07 Å². The first-order valence-electron chi connectivity index (χ1n) is 6.73. The fraction of sp³-hybridized carbons (Fsp3) is 0.692. The highest BCUT2D eigenvalue weighted by Crippen LogP contribution is 2.13. The van der Waals surface area contributed by atoms with E-state index in [0.29, 0.717) is 24.5 Å². The minimum absolute atomic E-state index is 0.526. The molecule has 2 heterocycles. The average molecular weight is 250 g/mol. The Balaban J connectivity index is 1.91. The van der Waals surface area contributed by atoms with Crippen LogP contribution in [-0.4, -0.2) is 35.7 Å². The summed E-state index contributed by atoms with van der Waals surface area (Å²) in [5.41, 5.74) is 0.924. The fourth-order valence-electron chi connectivity index (χ4n) is 2.15. The van der Waals surface area contributed by atoms with Gasteiger partial charge < -0.3 is 15.4 Å². The molecule has 1 atom stereocenters. The van der Waals surface area contributed by atoms with Crippen LogP contribution < -0.4 is 15.4 Å². The minimum Gasteiger partial charge on any atom is -0.478 e. The van der Waals surface area contributed by atoms with E-state index in [1.807, 2.05) is 19.9 Å². The van der Waals surface area contributed by atoms with E-state index in [-0.39, 0.29) is 0 Å². The van der Waals surface area contributed by atoms with Gasteiger partial charge in [0.1, 0.15) is 0 Å². The number of ether oxygens (including phenoxy) is 1. The molecule has 0 spiro atoms. The minimum atomic E-state index is 0.526. The quantitative estimate of drug-likeness (QED) is 0.833. The molecule has 1 fully saturated rings. The predicted octanol–water partition coefficient (Wildman–Crippen LogP) is 1.74. The topological polar surface area (TPSA) is 59.1 Å². The van der Waals surface area contributed by atoms with Crippen LogP contribution in [0.5, 0.6) is 5.88 Å². The Morgan fingerprint density at radius 2 is 2.33 bits per heavy atom. The van der Waals surface area contributed by atoms with E-state index in [4.69, 9.17) is 4.74 Å². The highest BCUT2D eigenvalue weighted by atomic mass is 16.5. The molecular weight excluding hydrogens is 228 g/mol. The molecule has 1 aliphatic rings. The number of aryl methyl sites for hydroxylation is 1. The standard InChI is InChI=1S/C13H22N4O/c1-3-18-12-8-10(2)16-13(17-12)15-9-11-6-4-5-7-14-11/h8,11,14H,3-7,9H2,1-2H3,(H,15,16,17). The maximum atomic E-state index is 5.41. The second-order valence-electron chi connectivity index (χ2n) is 4.63. The van der Waals surface area contributed by atoms with Gasteiger partial charge >= 0.3 is 0 Å². The molecule has 1 aliphatic heterocycles. The van der Waals surface area contributed by atoms with Gasteiger partial charge in [0.25, 0.3) is 0 Å². The van der Waals surface area contributed by atoms with Gasteiger partial charge in [0.05, 0.1) is 6.61 Å². The highest BCUT2D eigenvalue weighted by molar-refractivity contribution is 5.30. The van der Waals surface area contributed by atoms with Gasteiger partial charge in [-0.3, -0.25) is 0 Å². The maximum absolute atomic E-state index is 5.41. The van der Waals surface area contributed by atoms with Gasteiger partial charge in [0.15, 0.2) is 0 Å². The molecule has 1 unspecified atom stereocenters. The third-order valence-corrected chi connectivity index (χ3v) is 3.04. The normalized spacial score (nSPS) is 19.6. The molecule has 2 N–H and O–H groups in total. The molecule has 0 aliphatic carbocycles. The summed E-state index contributed by atoms with van der Waals surface area (Å²) in [5.74, 6) is 1.30. The Kier molecular flexibility index (Phi) is 4.75. The summed E-state index contributed by atoms with van der Waals surface area (Å²) in [6.07, 6.45) is 3.81. The SMILES string of the molecule is CCOc1cc(C)nc(NCC2CCCCN2)n1. The van der Waals surface area contributed by atoms with Crippen molar-refractivity contribution in [2.24, 2.45) is 0 Å². The van der Waals surface area contributed by atoms with Gasteiger partial charge in [-0.1, -0.05) is 6.42 Å². The molecule has 100 valence electrons. The number of nitrogens with one attached hydrogen (secondary N) is 2. The van der Waals surface area contributed by atoms with Crippen LogP contribution in [0.1, 0.15) is 31.9 Å². The lowest BCUT2D eigenvalue weighted by Gasteiger charge is -2.23. The third-order valence-electron chi connectivity index (χ3n) is 3.04. The van der Waals surface area contributed by atoms with Crippen molar-refractivity contribution in [2.45, 2.75) is 39.2 Å². The molecular formula is C13H22N4O. The van der Waals surface area contributed by atoms with Crippen molar-refractivity contribution in [1.82, 2.24) is 15.3 Å². The smallest absolute Gasteiger partial charge is 0.226 e. The van der Waals surface area contributed by atoms with Gasteiger partial charge in [0, 0.05) is 24.3 Å². The highest BCUT2D eigenvalue weighted by Gasteiger charge is 2.12. The number of rotatable bonds is 5. The molecule has 1 saturated heterocycles. The maximum Gasteiger partial charge on any atom is 0.226 e. The van der Waals surface area contributed by atoms with E-state index >= 15 is 0 Å². The second kappa shape index (κ2) is 6.54. The Morgan fingerprint density at radius 1 is 1.44 bits per heavy atom. The van der Waals surface area contributed by atoms with Gasteiger partial charge in [-0.25, -0.2) is 4.98 Å². The van der Waals surface area contributed by atoms with Crippen molar-refractivity contribution in [3.05, 3.63) is 11.8 Å². The molecule has 5 heteroatoms. The van der Waals surface area contributed by atoms with Crippen molar-refractivity contribution >= 4 is 5.95 Å². The first-order valence-corrected chi connectivity index (χ1v) is 6.73. The number of hydrogen-bond donors (Lipinski definition) is 2. The summed E-state index contributed by atoms with van der Waals surface area (Å²) in [5, 5.41) is 6.78. The molecule has 0 amide bonds. The van der Waals surface area contributed by atoms with Crippen LogP contribution in [0.2, 0.25) is 0 Å². The molecule has 1 aromatic heterocycles. The number of hydrogen-bond acceptors (Lipinski definition) is 5. The monoisotopic (exact) mass is 250 g/mol. The summed E-state index contributed by atoms with van der Waals surface area (Å²) in [6.45, 7) is 6.52. The molecule has 0 radical (unpaired) electrons. The summed E-state index contributed by atoms with van der Waals surface area (Å²) < 4.78 is 5.41. The number of aromatic nitrogens is 2. The lowest BCUT2D eigenvalue weighted by atomic mass is 10.1. The Hall–Kier alpha value is -1.36. The average Bonchev–Trinajstić information content (AvgIpc) is 2.37. The lowest BCUT2D eigenvalue weighted by Crippen LogP contribution is -2.39. The van der Waals surface area contributed by atoms with Crippen molar-refractivity contribution in [2.75, 3.05) is 25.0 Å². The molecule has 1 aromatic rings. The van der Waals surface area contributed by atoms with Crippen LogP contribution >= 0.6 is 0 Å². The molecule has 5 nitrogen and oxygen atoms in total. The summed E-state index contributed by atoms with van der Waals surface area (Å²) >= 11 is 0. The van der Waals surface area contributed by atoms with Gasteiger partial charge in [0.2, 0.25) is 11.8 Å². The summed E-state index contributed by atoms with van der Waals surface area (Å²) in [7, 11) is 0. The number of piperidine rings is 1. The predicted molar refractivity (Wildman–Crippen MR) is 72.1 cm³/mol. The van der Waals surface area contributed by atoms with E-state index in [2.05, 4.69) is 20.6 Å². The molecule has 0 bridgehead atoms. The van der Waals surface area contributed by atoms with Crippen molar-refractivity contribution < 1.29 is 4.74 Å². The van der Waals surface area contributed by atoms with Crippen molar-refractivity contribution in [1.29, 1.82) is 0 Å². The Bertz CT molecular complexity index is 377. The van der Waals surface area contributed by atoms with E-state index in [0.717, 1.165) is 18.8 Å². The lowest BCUT2D eigenvalue weighted by molar-refractivity contribution is 0.326. The first-order chi connectivity index (χ1) is 8.78. The van der Waals surface area contributed by atoms with Crippen molar-refractivity contribution in [3.8, 4) is 5.88 Å². The van der Waals surface area contributed by atoms with E-state index in [1.165, 1.54) is 19.3 Å². The van der Waals surface area contributed by atoms with Gasteiger partial charge in [-0.05, 0) is 33.2 Å².